The minimum absolute atomic E-state index is 0.923. The van der Waals surface area contributed by atoms with Crippen LogP contribution in [0, 0.1) is 0 Å². The lowest BCUT2D eigenvalue weighted by atomic mass is 10.1. The van der Waals surface area contributed by atoms with Crippen LogP contribution in [0.4, 0.5) is 0 Å². The minimum atomic E-state index is 0.923. The minimum Gasteiger partial charge on any atom is -0.0991 e. The Morgan fingerprint density at radius 1 is 0.688 bits per heavy atom. The van der Waals surface area contributed by atoms with Gasteiger partial charge < -0.3 is 0 Å². The van der Waals surface area contributed by atoms with Crippen molar-refractivity contribution in [3.05, 3.63) is 98.2 Å². The van der Waals surface area contributed by atoms with Crippen LogP contribution in [0.2, 0.25) is 0 Å². The topological polar surface area (TPSA) is 0 Å². The molecule has 0 N–H and O–H groups in total. The molecule has 0 fully saturated rings. The molecule has 0 radical (unpaired) electrons. The van der Waals surface area contributed by atoms with Crippen LogP contribution in [0.15, 0.2) is 98.2 Å². The quantitative estimate of drug-likeness (QED) is 0.534. The van der Waals surface area contributed by atoms with Crippen LogP contribution in [0.5, 0.6) is 0 Å². The molecule has 0 heterocycles. The van der Waals surface area contributed by atoms with E-state index >= 15 is 0 Å². The van der Waals surface area contributed by atoms with Crippen molar-refractivity contribution in [3.8, 4) is 0 Å². The SMILES string of the molecule is C=C/C=C\C=C/C(=C)C(/C=C\C=C)=C/C=C. The maximum atomic E-state index is 3.98. The maximum absolute atomic E-state index is 3.98. The molecule has 0 saturated heterocycles. The van der Waals surface area contributed by atoms with Crippen molar-refractivity contribution < 1.29 is 0 Å². The number of rotatable bonds is 7. The molecule has 16 heavy (non-hydrogen) atoms. The second kappa shape index (κ2) is 9.47. The Bertz CT molecular complexity index is 371. The van der Waals surface area contributed by atoms with Gasteiger partial charge in [0.1, 0.15) is 0 Å². The Morgan fingerprint density at radius 3 is 1.94 bits per heavy atom. The van der Waals surface area contributed by atoms with Crippen molar-refractivity contribution in [1.29, 1.82) is 0 Å². The molecule has 0 heteroatoms. The van der Waals surface area contributed by atoms with E-state index in [-0.39, 0.29) is 0 Å². The van der Waals surface area contributed by atoms with E-state index in [2.05, 4.69) is 26.3 Å². The first kappa shape index (κ1) is 13.9. The van der Waals surface area contributed by atoms with Crippen LogP contribution in [-0.2, 0) is 0 Å². The van der Waals surface area contributed by atoms with Gasteiger partial charge in [0.2, 0.25) is 0 Å². The van der Waals surface area contributed by atoms with Crippen molar-refractivity contribution >= 4 is 0 Å². The van der Waals surface area contributed by atoms with Gasteiger partial charge in [-0.25, -0.2) is 0 Å². The van der Waals surface area contributed by atoms with E-state index in [9.17, 15) is 0 Å². The second-order valence-electron chi connectivity index (χ2n) is 2.96. The lowest BCUT2D eigenvalue weighted by Crippen LogP contribution is -1.79. The predicted octanol–water partition coefficient (Wildman–Crippen LogP) is 4.70. The van der Waals surface area contributed by atoms with Crippen LogP contribution in [0.3, 0.4) is 0 Å². The molecule has 0 atom stereocenters. The zero-order valence-corrected chi connectivity index (χ0v) is 9.60. The molecule has 0 aliphatic rings. The van der Waals surface area contributed by atoms with Crippen molar-refractivity contribution in [2.45, 2.75) is 0 Å². The third kappa shape index (κ3) is 6.39. The molecule has 0 spiro atoms. The Morgan fingerprint density at radius 2 is 1.38 bits per heavy atom. The average Bonchev–Trinajstić information content (AvgIpc) is 2.29. The van der Waals surface area contributed by atoms with Crippen LogP contribution in [-0.4, -0.2) is 0 Å². The van der Waals surface area contributed by atoms with Gasteiger partial charge in [0.15, 0.2) is 0 Å². The van der Waals surface area contributed by atoms with E-state index in [1.807, 2.05) is 42.5 Å². The fourth-order valence-corrected chi connectivity index (χ4v) is 0.979. The van der Waals surface area contributed by atoms with Crippen LogP contribution < -0.4 is 0 Å². The highest BCUT2D eigenvalue weighted by Crippen LogP contribution is 2.11. The van der Waals surface area contributed by atoms with Gasteiger partial charge in [-0.1, -0.05) is 87.1 Å². The molecule has 0 bridgehead atoms. The molecule has 0 unspecified atom stereocenters. The summed E-state index contributed by atoms with van der Waals surface area (Å²) in [5, 5.41) is 0. The fourth-order valence-electron chi connectivity index (χ4n) is 0.979. The van der Waals surface area contributed by atoms with Gasteiger partial charge in [-0.05, 0) is 11.1 Å². The maximum Gasteiger partial charge on any atom is -0.0190 e. The predicted molar refractivity (Wildman–Crippen MR) is 75.2 cm³/mol. The van der Waals surface area contributed by atoms with E-state index in [0.717, 1.165) is 11.1 Å². The largest absolute Gasteiger partial charge is 0.0991 e. The Balaban J connectivity index is 4.69. The van der Waals surface area contributed by atoms with E-state index in [1.165, 1.54) is 0 Å². The molecule has 0 aromatic carbocycles. The third-order valence-corrected chi connectivity index (χ3v) is 1.74. The summed E-state index contributed by atoms with van der Waals surface area (Å²) >= 11 is 0. The van der Waals surface area contributed by atoms with E-state index in [0.29, 0.717) is 0 Å². The highest BCUT2D eigenvalue weighted by atomic mass is 14.0. The van der Waals surface area contributed by atoms with Crippen LogP contribution in [0.25, 0.3) is 0 Å². The Hall–Kier alpha value is -2.08. The van der Waals surface area contributed by atoms with Gasteiger partial charge in [-0.3, -0.25) is 0 Å². The van der Waals surface area contributed by atoms with Gasteiger partial charge in [-0.15, -0.1) is 0 Å². The Labute approximate surface area is 98.7 Å². The number of allylic oxidation sites excluding steroid dienone is 12. The molecule has 0 aromatic heterocycles. The highest BCUT2D eigenvalue weighted by molar-refractivity contribution is 5.47. The molecular weight excluding hydrogens is 192 g/mol. The highest BCUT2D eigenvalue weighted by Gasteiger charge is 1.92. The summed E-state index contributed by atoms with van der Waals surface area (Å²) in [5.41, 5.74) is 1.94. The monoisotopic (exact) mass is 210 g/mol. The smallest absolute Gasteiger partial charge is 0.0190 e. The van der Waals surface area contributed by atoms with Gasteiger partial charge >= 0.3 is 0 Å². The van der Waals surface area contributed by atoms with Crippen LogP contribution >= 0.6 is 0 Å². The molecule has 0 amide bonds. The molecule has 0 aromatic rings. The first-order valence-corrected chi connectivity index (χ1v) is 5.03. The molecule has 0 aliphatic carbocycles. The van der Waals surface area contributed by atoms with Gasteiger partial charge in [0.05, 0.1) is 0 Å². The standard InChI is InChI=1S/C16H18/c1-5-8-10-11-13-15(4)16(12-7-3)14-9-6-2/h5-14H,1-4H2/b10-8-,13-11-,14-9-,16-12+. The summed E-state index contributed by atoms with van der Waals surface area (Å²) < 4.78 is 0. The van der Waals surface area contributed by atoms with E-state index in [4.69, 9.17) is 0 Å². The molecule has 0 nitrogen and oxygen atoms in total. The summed E-state index contributed by atoms with van der Waals surface area (Å²) in [6.45, 7) is 14.9. The summed E-state index contributed by atoms with van der Waals surface area (Å²) in [7, 11) is 0. The zero-order chi connectivity index (χ0) is 12.2. The van der Waals surface area contributed by atoms with Crippen molar-refractivity contribution in [1.82, 2.24) is 0 Å². The van der Waals surface area contributed by atoms with E-state index < -0.39 is 0 Å². The molecule has 0 aliphatic heterocycles. The summed E-state index contributed by atoms with van der Waals surface area (Å²) in [6.07, 6.45) is 18.5. The second-order valence-corrected chi connectivity index (χ2v) is 2.96. The third-order valence-electron chi connectivity index (χ3n) is 1.74. The van der Waals surface area contributed by atoms with Gasteiger partial charge in [0, 0.05) is 0 Å². The summed E-state index contributed by atoms with van der Waals surface area (Å²) in [5.74, 6) is 0. The zero-order valence-electron chi connectivity index (χ0n) is 9.60. The molecular formula is C16H18. The van der Waals surface area contributed by atoms with Crippen LogP contribution in [0.1, 0.15) is 0 Å². The lowest BCUT2D eigenvalue weighted by molar-refractivity contribution is 1.57. The van der Waals surface area contributed by atoms with Crippen molar-refractivity contribution in [3.63, 3.8) is 0 Å². The van der Waals surface area contributed by atoms with Gasteiger partial charge in [-0.2, -0.15) is 0 Å². The lowest BCUT2D eigenvalue weighted by Gasteiger charge is -1.99. The van der Waals surface area contributed by atoms with Crippen molar-refractivity contribution in [2.75, 3.05) is 0 Å². The average molecular weight is 210 g/mol. The Kier molecular flexibility index (Phi) is 8.24. The van der Waals surface area contributed by atoms with Crippen molar-refractivity contribution in [2.24, 2.45) is 0 Å². The number of hydrogen-bond donors (Lipinski definition) is 0. The molecule has 82 valence electrons. The first-order valence-electron chi connectivity index (χ1n) is 5.03. The molecule has 0 saturated carbocycles. The summed E-state index contributed by atoms with van der Waals surface area (Å²) in [6, 6.07) is 0. The first-order chi connectivity index (χ1) is 7.76. The van der Waals surface area contributed by atoms with Gasteiger partial charge in [0.25, 0.3) is 0 Å². The number of hydrogen-bond acceptors (Lipinski definition) is 0. The summed E-state index contributed by atoms with van der Waals surface area (Å²) in [4.78, 5) is 0. The van der Waals surface area contributed by atoms with E-state index in [1.54, 1.807) is 18.2 Å². The normalized spacial score (nSPS) is 12.4. The fraction of sp³-hybridized carbons (Fsp3) is 0. The molecule has 0 rings (SSSR count).